The summed E-state index contributed by atoms with van der Waals surface area (Å²) in [7, 11) is 0. The van der Waals surface area contributed by atoms with Crippen LogP contribution in [-0.2, 0) is 11.2 Å². The number of carbonyl (C=O) groups is 1. The average Bonchev–Trinajstić information content (AvgIpc) is 2.81. The van der Waals surface area contributed by atoms with E-state index in [1.807, 2.05) is 12.1 Å². The molecule has 4 nitrogen and oxygen atoms in total. The molecule has 0 saturated heterocycles. The fourth-order valence-corrected chi connectivity index (χ4v) is 1.63. The lowest BCUT2D eigenvalue weighted by atomic mass is 10.1. The van der Waals surface area contributed by atoms with Crippen LogP contribution < -0.4 is 0 Å². The second-order valence-corrected chi connectivity index (χ2v) is 4.14. The number of rotatable bonds is 4. The molecule has 0 fully saturated rings. The largest absolute Gasteiger partial charge is 0.461 e. The van der Waals surface area contributed by atoms with Crippen molar-refractivity contribution in [2.45, 2.75) is 13.3 Å². The highest BCUT2D eigenvalue weighted by Crippen LogP contribution is 2.14. The van der Waals surface area contributed by atoms with Gasteiger partial charge in [-0.25, -0.2) is 4.79 Å². The number of hydrogen-bond acceptors (Lipinski definition) is 4. The molecule has 0 aliphatic carbocycles. The fourth-order valence-electron chi connectivity index (χ4n) is 1.50. The molecule has 1 aromatic carbocycles. The van der Waals surface area contributed by atoms with Crippen LogP contribution in [-0.4, -0.2) is 17.7 Å². The summed E-state index contributed by atoms with van der Waals surface area (Å²) in [5.74, 6) is 0.143. The van der Waals surface area contributed by atoms with Gasteiger partial charge in [-0.1, -0.05) is 28.9 Å². The number of aromatic nitrogens is 1. The first-order chi connectivity index (χ1) is 8.69. The van der Waals surface area contributed by atoms with Crippen LogP contribution in [0.15, 0.2) is 34.9 Å². The molecule has 0 aliphatic rings. The van der Waals surface area contributed by atoms with Crippen molar-refractivity contribution in [3.63, 3.8) is 0 Å². The second-order valence-electron chi connectivity index (χ2n) is 3.70. The highest BCUT2D eigenvalue weighted by molar-refractivity contribution is 6.30. The molecule has 0 N–H and O–H groups in total. The molecule has 2 aromatic rings. The number of esters is 1. The number of hydrogen-bond donors (Lipinski definition) is 0. The molecule has 0 amide bonds. The Morgan fingerprint density at radius 3 is 2.78 bits per heavy atom. The molecular formula is C13H12ClNO3. The number of benzene rings is 1. The molecule has 0 unspecified atom stereocenters. The highest BCUT2D eigenvalue weighted by atomic mass is 35.5. The first-order valence-corrected chi connectivity index (χ1v) is 5.94. The molecule has 2 rings (SSSR count). The van der Waals surface area contributed by atoms with Crippen LogP contribution >= 0.6 is 11.6 Å². The lowest BCUT2D eigenvalue weighted by Gasteiger charge is -1.97. The molecule has 0 radical (unpaired) electrons. The van der Waals surface area contributed by atoms with Gasteiger partial charge in [0, 0.05) is 17.5 Å². The summed E-state index contributed by atoms with van der Waals surface area (Å²) in [4.78, 5) is 11.4. The molecule has 0 saturated carbocycles. The predicted octanol–water partition coefficient (Wildman–Crippen LogP) is 3.10. The van der Waals surface area contributed by atoms with Gasteiger partial charge in [0.2, 0.25) is 0 Å². The minimum atomic E-state index is -0.469. The quantitative estimate of drug-likeness (QED) is 0.797. The summed E-state index contributed by atoms with van der Waals surface area (Å²) in [6.07, 6.45) is 0.559. The van der Waals surface area contributed by atoms with Gasteiger partial charge in [-0.05, 0) is 24.6 Å². The second kappa shape index (κ2) is 5.69. The topological polar surface area (TPSA) is 52.3 Å². The summed E-state index contributed by atoms with van der Waals surface area (Å²) in [5, 5.41) is 4.36. The monoisotopic (exact) mass is 265 g/mol. The van der Waals surface area contributed by atoms with E-state index in [1.54, 1.807) is 25.1 Å². The third-order valence-corrected chi connectivity index (χ3v) is 2.59. The van der Waals surface area contributed by atoms with E-state index in [9.17, 15) is 4.79 Å². The summed E-state index contributed by atoms with van der Waals surface area (Å²) in [5.41, 5.74) is 1.23. The molecule has 94 valence electrons. The minimum absolute atomic E-state index is 0.195. The molecule has 5 heteroatoms. The third-order valence-electron chi connectivity index (χ3n) is 2.34. The SMILES string of the molecule is CCOC(=O)c1cc(Cc2ccc(Cl)cc2)on1. The Hall–Kier alpha value is -1.81. The van der Waals surface area contributed by atoms with Crippen LogP contribution in [0.1, 0.15) is 28.7 Å². The van der Waals surface area contributed by atoms with Crippen LogP contribution in [0.3, 0.4) is 0 Å². The van der Waals surface area contributed by atoms with E-state index >= 15 is 0 Å². The van der Waals surface area contributed by atoms with Gasteiger partial charge >= 0.3 is 5.97 Å². The number of ether oxygens (including phenoxy) is 1. The van der Waals surface area contributed by atoms with Crippen LogP contribution in [0.25, 0.3) is 0 Å². The Kier molecular flexibility index (Phi) is 3.99. The zero-order valence-corrected chi connectivity index (χ0v) is 10.6. The van der Waals surface area contributed by atoms with E-state index in [4.69, 9.17) is 20.9 Å². The van der Waals surface area contributed by atoms with Crippen molar-refractivity contribution in [2.24, 2.45) is 0 Å². The lowest BCUT2D eigenvalue weighted by molar-refractivity contribution is 0.0514. The zero-order valence-electron chi connectivity index (χ0n) is 9.85. The third kappa shape index (κ3) is 3.11. The van der Waals surface area contributed by atoms with Crippen LogP contribution in [0.2, 0.25) is 5.02 Å². The molecular weight excluding hydrogens is 254 g/mol. The van der Waals surface area contributed by atoms with Gasteiger partial charge in [0.25, 0.3) is 0 Å². The van der Waals surface area contributed by atoms with E-state index in [0.717, 1.165) is 5.56 Å². The lowest BCUT2D eigenvalue weighted by Crippen LogP contribution is -2.04. The van der Waals surface area contributed by atoms with Gasteiger partial charge in [-0.2, -0.15) is 0 Å². The number of carbonyl (C=O) groups excluding carboxylic acids is 1. The Morgan fingerprint density at radius 1 is 1.39 bits per heavy atom. The predicted molar refractivity (Wildman–Crippen MR) is 66.7 cm³/mol. The summed E-state index contributed by atoms with van der Waals surface area (Å²) in [6, 6.07) is 9.00. The highest BCUT2D eigenvalue weighted by Gasteiger charge is 2.13. The number of halogens is 1. The van der Waals surface area contributed by atoms with Crippen LogP contribution in [0, 0.1) is 0 Å². The summed E-state index contributed by atoms with van der Waals surface area (Å²) in [6.45, 7) is 2.06. The average molecular weight is 266 g/mol. The molecule has 18 heavy (non-hydrogen) atoms. The van der Waals surface area contributed by atoms with Gasteiger partial charge in [0.1, 0.15) is 5.76 Å². The zero-order chi connectivity index (χ0) is 13.0. The molecule has 1 aromatic heterocycles. The fraction of sp³-hybridized carbons (Fsp3) is 0.231. The van der Waals surface area contributed by atoms with Crippen molar-refractivity contribution >= 4 is 17.6 Å². The standard InChI is InChI=1S/C13H12ClNO3/c1-2-17-13(16)12-8-11(18-15-12)7-9-3-5-10(14)6-4-9/h3-6,8H,2,7H2,1H3. The van der Waals surface area contributed by atoms with Gasteiger partial charge < -0.3 is 9.26 Å². The first-order valence-electron chi connectivity index (χ1n) is 5.56. The van der Waals surface area contributed by atoms with Crippen LogP contribution in [0.4, 0.5) is 0 Å². The van der Waals surface area contributed by atoms with Crippen molar-refractivity contribution in [1.29, 1.82) is 0 Å². The molecule has 1 heterocycles. The van der Waals surface area contributed by atoms with Crippen molar-refractivity contribution in [1.82, 2.24) is 5.16 Å². The van der Waals surface area contributed by atoms with E-state index < -0.39 is 5.97 Å². The first kappa shape index (κ1) is 12.6. The normalized spacial score (nSPS) is 10.3. The van der Waals surface area contributed by atoms with Gasteiger partial charge in [0.15, 0.2) is 5.69 Å². The van der Waals surface area contributed by atoms with Crippen molar-refractivity contribution < 1.29 is 14.1 Å². The maximum atomic E-state index is 11.4. The maximum Gasteiger partial charge on any atom is 0.360 e. The summed E-state index contributed by atoms with van der Waals surface area (Å²) >= 11 is 5.80. The van der Waals surface area contributed by atoms with E-state index in [1.165, 1.54) is 0 Å². The van der Waals surface area contributed by atoms with Gasteiger partial charge in [-0.3, -0.25) is 0 Å². The van der Waals surface area contributed by atoms with E-state index in [0.29, 0.717) is 23.8 Å². The Morgan fingerprint density at radius 2 is 2.11 bits per heavy atom. The van der Waals surface area contributed by atoms with Crippen LogP contribution in [0.5, 0.6) is 0 Å². The Bertz CT molecular complexity index is 533. The molecule has 0 aliphatic heterocycles. The van der Waals surface area contributed by atoms with Gasteiger partial charge in [-0.15, -0.1) is 0 Å². The number of nitrogens with zero attached hydrogens (tertiary/aromatic N) is 1. The Balaban J connectivity index is 2.06. The smallest absolute Gasteiger partial charge is 0.360 e. The van der Waals surface area contributed by atoms with Gasteiger partial charge in [0.05, 0.1) is 6.61 Å². The van der Waals surface area contributed by atoms with E-state index in [-0.39, 0.29) is 5.69 Å². The molecule has 0 spiro atoms. The van der Waals surface area contributed by atoms with Crippen molar-refractivity contribution in [2.75, 3.05) is 6.61 Å². The minimum Gasteiger partial charge on any atom is -0.461 e. The van der Waals surface area contributed by atoms with E-state index in [2.05, 4.69) is 5.16 Å². The van der Waals surface area contributed by atoms with Crippen molar-refractivity contribution in [3.05, 3.63) is 52.4 Å². The Labute approximate surface area is 109 Å². The maximum absolute atomic E-state index is 11.4. The molecule has 0 atom stereocenters. The summed E-state index contributed by atoms with van der Waals surface area (Å²) < 4.78 is 9.91. The molecule has 0 bridgehead atoms. The van der Waals surface area contributed by atoms with Crippen molar-refractivity contribution in [3.8, 4) is 0 Å².